The molecule has 0 saturated carbocycles. The van der Waals surface area contributed by atoms with Gasteiger partial charge in [-0.1, -0.05) is 50.2 Å². The first-order valence-electron chi connectivity index (χ1n) is 8.49. The predicted molar refractivity (Wildman–Crippen MR) is 100 cm³/mol. The van der Waals surface area contributed by atoms with E-state index in [9.17, 15) is 4.79 Å². The summed E-state index contributed by atoms with van der Waals surface area (Å²) in [4.78, 5) is 12.3. The van der Waals surface area contributed by atoms with Crippen molar-refractivity contribution in [3.8, 4) is 11.5 Å². The van der Waals surface area contributed by atoms with Crippen molar-refractivity contribution in [2.45, 2.75) is 32.1 Å². The fraction of sp³-hybridized carbons (Fsp3) is 0.381. The molecule has 0 atom stereocenters. The summed E-state index contributed by atoms with van der Waals surface area (Å²) >= 11 is 0. The average Bonchev–Trinajstić information content (AvgIpc) is 2.62. The van der Waals surface area contributed by atoms with Crippen LogP contribution in [0.15, 0.2) is 48.5 Å². The van der Waals surface area contributed by atoms with Gasteiger partial charge in [0.05, 0.1) is 14.2 Å². The molecule has 0 fully saturated rings. The molecule has 25 heavy (non-hydrogen) atoms. The van der Waals surface area contributed by atoms with Crippen LogP contribution in [0, 0.1) is 0 Å². The highest BCUT2D eigenvalue weighted by Crippen LogP contribution is 2.28. The van der Waals surface area contributed by atoms with Crippen molar-refractivity contribution in [3.05, 3.63) is 59.7 Å². The van der Waals surface area contributed by atoms with E-state index in [1.165, 1.54) is 5.56 Å². The Kier molecular flexibility index (Phi) is 6.45. The predicted octanol–water partition coefficient (Wildman–Crippen LogP) is 3.73. The molecule has 0 unspecified atom stereocenters. The Bertz CT molecular complexity index is 696. The summed E-state index contributed by atoms with van der Waals surface area (Å²) in [6.07, 6.45) is 1.21. The van der Waals surface area contributed by atoms with Crippen LogP contribution >= 0.6 is 0 Å². The normalized spacial score (nSPS) is 11.0. The summed E-state index contributed by atoms with van der Waals surface area (Å²) in [6, 6.07) is 15.9. The molecular formula is C21H27NO3. The van der Waals surface area contributed by atoms with Gasteiger partial charge < -0.3 is 14.8 Å². The number of carbonyl (C=O) groups is 1. The third kappa shape index (κ3) is 5.24. The van der Waals surface area contributed by atoms with Gasteiger partial charge in [-0.3, -0.25) is 4.79 Å². The molecule has 0 radical (unpaired) electrons. The highest BCUT2D eigenvalue weighted by Gasteiger charge is 2.23. The number of methoxy groups -OCH3 is 2. The van der Waals surface area contributed by atoms with Crippen molar-refractivity contribution < 1.29 is 14.3 Å². The van der Waals surface area contributed by atoms with Crippen molar-refractivity contribution in [2.75, 3.05) is 20.8 Å². The number of benzene rings is 2. The Morgan fingerprint density at radius 3 is 2.32 bits per heavy atom. The lowest BCUT2D eigenvalue weighted by atomic mass is 9.81. The van der Waals surface area contributed by atoms with Crippen molar-refractivity contribution in [1.29, 1.82) is 0 Å². The molecule has 1 N–H and O–H groups in total. The molecule has 4 nitrogen and oxygen atoms in total. The molecule has 4 heteroatoms. The van der Waals surface area contributed by atoms with Gasteiger partial charge >= 0.3 is 0 Å². The first-order chi connectivity index (χ1) is 12.0. The van der Waals surface area contributed by atoms with Gasteiger partial charge in [0.2, 0.25) is 5.91 Å². The Balaban J connectivity index is 1.86. The molecule has 2 aromatic carbocycles. The maximum absolute atomic E-state index is 12.3. The molecule has 0 heterocycles. The van der Waals surface area contributed by atoms with E-state index in [0.717, 1.165) is 12.0 Å². The molecule has 134 valence electrons. The van der Waals surface area contributed by atoms with Crippen LogP contribution < -0.4 is 14.8 Å². The number of ether oxygens (including phenoxy) is 2. The van der Waals surface area contributed by atoms with E-state index in [1.54, 1.807) is 14.2 Å². The van der Waals surface area contributed by atoms with Crippen LogP contribution in [-0.4, -0.2) is 26.7 Å². The number of amides is 1. The van der Waals surface area contributed by atoms with E-state index in [1.807, 2.05) is 36.4 Å². The zero-order valence-corrected chi connectivity index (χ0v) is 15.5. The van der Waals surface area contributed by atoms with Crippen LogP contribution in [0.3, 0.4) is 0 Å². The van der Waals surface area contributed by atoms with Gasteiger partial charge in [0, 0.05) is 13.0 Å². The lowest BCUT2D eigenvalue weighted by molar-refractivity contribution is -0.122. The summed E-state index contributed by atoms with van der Waals surface area (Å²) in [6.45, 7) is 4.78. The second kappa shape index (κ2) is 8.56. The molecule has 0 bridgehead atoms. The smallest absolute Gasteiger partial charge is 0.220 e. The van der Waals surface area contributed by atoms with Gasteiger partial charge in [-0.2, -0.15) is 0 Å². The summed E-state index contributed by atoms with van der Waals surface area (Å²) < 4.78 is 10.5. The Morgan fingerprint density at radius 1 is 1.00 bits per heavy atom. The fourth-order valence-corrected chi connectivity index (χ4v) is 2.84. The number of nitrogens with one attached hydrogen (secondary N) is 1. The molecule has 1 amide bonds. The lowest BCUT2D eigenvalue weighted by Crippen LogP contribution is -2.32. The van der Waals surface area contributed by atoms with E-state index in [2.05, 4.69) is 31.3 Å². The molecule has 2 aromatic rings. The molecule has 0 aliphatic heterocycles. The van der Waals surface area contributed by atoms with Gasteiger partial charge in [0.1, 0.15) is 0 Å². The van der Waals surface area contributed by atoms with Crippen LogP contribution in [0.2, 0.25) is 0 Å². The maximum atomic E-state index is 12.3. The van der Waals surface area contributed by atoms with E-state index in [0.29, 0.717) is 24.5 Å². The molecule has 0 aliphatic carbocycles. The highest BCUT2D eigenvalue weighted by molar-refractivity contribution is 5.77. The second-order valence-electron chi connectivity index (χ2n) is 6.72. The van der Waals surface area contributed by atoms with Gasteiger partial charge in [-0.15, -0.1) is 0 Å². The van der Waals surface area contributed by atoms with Crippen molar-refractivity contribution in [3.63, 3.8) is 0 Å². The van der Waals surface area contributed by atoms with Crippen molar-refractivity contribution in [2.24, 2.45) is 0 Å². The number of hydrogen-bond acceptors (Lipinski definition) is 3. The first-order valence-corrected chi connectivity index (χ1v) is 8.49. The largest absolute Gasteiger partial charge is 0.493 e. The Morgan fingerprint density at radius 2 is 1.68 bits per heavy atom. The minimum absolute atomic E-state index is 0.0642. The topological polar surface area (TPSA) is 47.6 Å². The minimum atomic E-state index is -0.186. The number of rotatable bonds is 8. The quantitative estimate of drug-likeness (QED) is 0.796. The molecular weight excluding hydrogens is 314 g/mol. The van der Waals surface area contributed by atoms with Crippen LogP contribution in [-0.2, 0) is 16.6 Å². The third-order valence-corrected chi connectivity index (χ3v) is 4.34. The molecule has 2 rings (SSSR count). The van der Waals surface area contributed by atoms with Gasteiger partial charge in [0.25, 0.3) is 0 Å². The Labute approximate surface area is 150 Å². The van der Waals surface area contributed by atoms with Crippen molar-refractivity contribution in [1.82, 2.24) is 5.32 Å². The molecule has 0 aliphatic rings. The average molecular weight is 341 g/mol. The zero-order chi connectivity index (χ0) is 18.3. The van der Waals surface area contributed by atoms with Crippen molar-refractivity contribution >= 4 is 5.91 Å². The summed E-state index contributed by atoms with van der Waals surface area (Å²) in [5.74, 6) is 1.48. The van der Waals surface area contributed by atoms with E-state index < -0.39 is 0 Å². The van der Waals surface area contributed by atoms with Crippen LogP contribution in [0.4, 0.5) is 0 Å². The fourth-order valence-electron chi connectivity index (χ4n) is 2.84. The van der Waals surface area contributed by atoms with Gasteiger partial charge in [-0.05, 0) is 35.1 Å². The number of hydrogen-bond donors (Lipinski definition) is 1. The molecule has 0 spiro atoms. The maximum Gasteiger partial charge on any atom is 0.220 e. The summed E-state index contributed by atoms with van der Waals surface area (Å²) in [5, 5.41) is 3.01. The molecule has 0 saturated heterocycles. The van der Waals surface area contributed by atoms with E-state index in [-0.39, 0.29) is 11.3 Å². The van der Waals surface area contributed by atoms with Crippen LogP contribution in [0.1, 0.15) is 31.4 Å². The molecule has 0 aromatic heterocycles. The van der Waals surface area contributed by atoms with Crippen LogP contribution in [0.5, 0.6) is 11.5 Å². The Hall–Kier alpha value is -2.49. The first kappa shape index (κ1) is 18.8. The highest BCUT2D eigenvalue weighted by atomic mass is 16.5. The summed E-state index contributed by atoms with van der Waals surface area (Å²) in [5.41, 5.74) is 2.08. The zero-order valence-electron chi connectivity index (χ0n) is 15.5. The monoisotopic (exact) mass is 341 g/mol. The minimum Gasteiger partial charge on any atom is -0.493 e. The second-order valence-corrected chi connectivity index (χ2v) is 6.72. The number of carbonyl (C=O) groups excluding carboxylic acids is 1. The lowest BCUT2D eigenvalue weighted by Gasteiger charge is -2.24. The SMILES string of the molecule is COc1ccc(CCNC(=O)CC(C)(C)c2ccccc2)cc1OC. The van der Waals surface area contributed by atoms with Gasteiger partial charge in [-0.25, -0.2) is 0 Å². The van der Waals surface area contributed by atoms with E-state index >= 15 is 0 Å². The summed E-state index contributed by atoms with van der Waals surface area (Å²) in [7, 11) is 3.24. The van der Waals surface area contributed by atoms with E-state index in [4.69, 9.17) is 9.47 Å². The standard InChI is InChI=1S/C21H27NO3/c1-21(2,17-8-6-5-7-9-17)15-20(23)22-13-12-16-10-11-18(24-3)19(14-16)25-4/h5-11,14H,12-13,15H2,1-4H3,(H,22,23). The van der Waals surface area contributed by atoms with Gasteiger partial charge in [0.15, 0.2) is 11.5 Å². The third-order valence-electron chi connectivity index (χ3n) is 4.34. The van der Waals surface area contributed by atoms with Crippen LogP contribution in [0.25, 0.3) is 0 Å².